The summed E-state index contributed by atoms with van der Waals surface area (Å²) in [6, 6.07) is 12.2. The molecule has 0 bridgehead atoms. The van der Waals surface area contributed by atoms with Gasteiger partial charge in [-0.25, -0.2) is 9.97 Å². The Morgan fingerprint density at radius 3 is 1.84 bits per heavy atom. The number of aliphatic carboxylic acids is 2. The molecule has 1 aliphatic rings. The van der Waals surface area contributed by atoms with Crippen molar-refractivity contribution in [3.05, 3.63) is 58.0 Å². The summed E-state index contributed by atoms with van der Waals surface area (Å²) >= 11 is 9.21. The van der Waals surface area contributed by atoms with Crippen molar-refractivity contribution < 1.29 is 40.2 Å². The van der Waals surface area contributed by atoms with E-state index in [9.17, 15) is 0 Å². The van der Waals surface area contributed by atoms with Crippen LogP contribution in [0.5, 0.6) is 0 Å². The van der Waals surface area contributed by atoms with Gasteiger partial charge in [-0.15, -0.1) is 22.7 Å². The van der Waals surface area contributed by atoms with Gasteiger partial charge in [0.1, 0.15) is 0 Å². The maximum Gasteiger partial charge on any atom is 0.300 e. The average molecular weight is 571 g/mol. The molecule has 1 aliphatic carbocycles. The SMILES string of the molecule is CC(=O)O.CC(=O)O.Clc1cccc2ncsc12.[Pd].c1cc(C2CC2)c2scnc2c1. The number of hydrogen-bond acceptors (Lipinski definition) is 6. The monoisotopic (exact) mass is 570 g/mol. The minimum Gasteiger partial charge on any atom is -0.481 e. The first-order valence-corrected chi connectivity index (χ1v) is 11.1. The first-order valence-electron chi connectivity index (χ1n) is 8.98. The van der Waals surface area contributed by atoms with Crippen LogP contribution in [0.1, 0.15) is 38.2 Å². The van der Waals surface area contributed by atoms with Gasteiger partial charge in [0.15, 0.2) is 0 Å². The normalized spacial score (nSPS) is 11.6. The third-order valence-electron chi connectivity index (χ3n) is 3.71. The molecule has 0 spiro atoms. The molecule has 0 atom stereocenters. The number of halogens is 1. The molecule has 0 unspecified atom stereocenters. The molecule has 1 saturated carbocycles. The fourth-order valence-corrected chi connectivity index (χ4v) is 4.36. The van der Waals surface area contributed by atoms with Crippen LogP contribution in [0.2, 0.25) is 5.02 Å². The van der Waals surface area contributed by atoms with Gasteiger partial charge in [-0.05, 0) is 42.5 Å². The summed E-state index contributed by atoms with van der Waals surface area (Å²) in [7, 11) is 0. The fraction of sp³-hybridized carbons (Fsp3) is 0.238. The maximum atomic E-state index is 9.00. The minimum atomic E-state index is -0.833. The van der Waals surface area contributed by atoms with Gasteiger partial charge in [0.2, 0.25) is 0 Å². The van der Waals surface area contributed by atoms with E-state index >= 15 is 0 Å². The second kappa shape index (κ2) is 13.5. The molecule has 10 heteroatoms. The van der Waals surface area contributed by atoms with E-state index in [1.807, 2.05) is 23.7 Å². The number of carboxylic acid groups (broad SMARTS) is 2. The number of fused-ring (bicyclic) bond motifs is 2. The van der Waals surface area contributed by atoms with Crippen molar-refractivity contribution in [2.75, 3.05) is 0 Å². The molecule has 2 aromatic heterocycles. The van der Waals surface area contributed by atoms with E-state index in [2.05, 4.69) is 28.2 Å². The van der Waals surface area contributed by atoms with Gasteiger partial charge in [-0.1, -0.05) is 29.8 Å². The van der Waals surface area contributed by atoms with Crippen LogP contribution in [-0.2, 0) is 30.0 Å². The molecule has 0 amide bonds. The molecule has 6 nitrogen and oxygen atoms in total. The number of thiazole rings is 2. The molecule has 4 aromatic rings. The summed E-state index contributed by atoms with van der Waals surface area (Å²) in [6.45, 7) is 2.17. The van der Waals surface area contributed by atoms with Crippen LogP contribution in [0.3, 0.4) is 0 Å². The predicted molar refractivity (Wildman–Crippen MR) is 123 cm³/mol. The predicted octanol–water partition coefficient (Wildman–Crippen LogP) is 6.30. The van der Waals surface area contributed by atoms with E-state index in [0.29, 0.717) is 0 Å². The van der Waals surface area contributed by atoms with Crippen molar-refractivity contribution in [2.45, 2.75) is 32.6 Å². The van der Waals surface area contributed by atoms with Gasteiger partial charge >= 0.3 is 0 Å². The molecule has 2 N–H and O–H groups in total. The first-order chi connectivity index (χ1) is 14.3. The Labute approximate surface area is 206 Å². The molecule has 2 aromatic carbocycles. The van der Waals surface area contributed by atoms with Crippen LogP contribution in [0, 0.1) is 0 Å². The van der Waals surface area contributed by atoms with Crippen LogP contribution in [-0.4, -0.2) is 32.1 Å². The Hall–Kier alpha value is -1.89. The van der Waals surface area contributed by atoms with E-state index in [-0.39, 0.29) is 20.4 Å². The van der Waals surface area contributed by atoms with E-state index < -0.39 is 11.9 Å². The van der Waals surface area contributed by atoms with Gasteiger partial charge in [0.25, 0.3) is 11.9 Å². The van der Waals surface area contributed by atoms with Crippen LogP contribution in [0.15, 0.2) is 47.4 Å². The Morgan fingerprint density at radius 2 is 1.35 bits per heavy atom. The van der Waals surface area contributed by atoms with E-state index in [1.165, 1.54) is 28.6 Å². The number of benzene rings is 2. The molecular formula is C21H21ClN2O4PdS2. The zero-order chi connectivity index (χ0) is 22.1. The Morgan fingerprint density at radius 1 is 0.903 bits per heavy atom. The van der Waals surface area contributed by atoms with Crippen LogP contribution < -0.4 is 0 Å². The molecule has 0 radical (unpaired) electrons. The molecule has 0 aliphatic heterocycles. The third kappa shape index (κ3) is 9.42. The van der Waals surface area contributed by atoms with Gasteiger partial charge in [0.05, 0.1) is 36.5 Å². The number of hydrogen-bond donors (Lipinski definition) is 2. The van der Waals surface area contributed by atoms with Crippen LogP contribution in [0.4, 0.5) is 0 Å². The summed E-state index contributed by atoms with van der Waals surface area (Å²) in [5.74, 6) is -0.825. The van der Waals surface area contributed by atoms with Crippen molar-refractivity contribution in [2.24, 2.45) is 0 Å². The van der Waals surface area contributed by atoms with Crippen molar-refractivity contribution in [3.63, 3.8) is 0 Å². The van der Waals surface area contributed by atoms with E-state index in [1.54, 1.807) is 28.2 Å². The molecule has 168 valence electrons. The molecule has 31 heavy (non-hydrogen) atoms. The smallest absolute Gasteiger partial charge is 0.300 e. The Kier molecular flexibility index (Phi) is 11.8. The standard InChI is InChI=1S/C10H9NS.C7H4ClNS.2C2H4O2.Pd/c1-2-8(7-4-5-7)10-9(3-1)11-6-12-10;8-5-2-1-3-6-7(5)10-4-9-6;2*1-2(3)4;/h1-3,6-7H,4-5H2;1-4H;2*1H3,(H,3,4);. The number of rotatable bonds is 1. The third-order valence-corrected chi connectivity index (χ3v) is 5.91. The number of carbonyl (C=O) groups is 2. The van der Waals surface area contributed by atoms with Crippen LogP contribution >= 0.6 is 34.3 Å². The van der Waals surface area contributed by atoms with Gasteiger partial charge in [-0.2, -0.15) is 0 Å². The number of aromatic nitrogens is 2. The molecular weight excluding hydrogens is 550 g/mol. The number of nitrogens with zero attached hydrogens (tertiary/aromatic N) is 2. The zero-order valence-electron chi connectivity index (χ0n) is 16.7. The van der Waals surface area contributed by atoms with Crippen molar-refractivity contribution in [1.82, 2.24) is 9.97 Å². The summed E-state index contributed by atoms with van der Waals surface area (Å²) in [6.07, 6.45) is 2.74. The first kappa shape index (κ1) is 27.1. The summed E-state index contributed by atoms with van der Waals surface area (Å²) in [5, 5.41) is 15.6. The molecule has 5 rings (SSSR count). The Bertz CT molecular complexity index is 1110. The molecule has 0 saturated heterocycles. The minimum absolute atomic E-state index is 0. The number of carboxylic acids is 2. The van der Waals surface area contributed by atoms with E-state index in [0.717, 1.165) is 35.0 Å². The second-order valence-electron chi connectivity index (χ2n) is 6.30. The zero-order valence-corrected chi connectivity index (χ0v) is 20.7. The summed E-state index contributed by atoms with van der Waals surface area (Å²) in [4.78, 5) is 26.4. The van der Waals surface area contributed by atoms with Crippen molar-refractivity contribution in [3.8, 4) is 0 Å². The summed E-state index contributed by atoms with van der Waals surface area (Å²) in [5.41, 5.74) is 7.42. The fourth-order valence-electron chi connectivity index (χ4n) is 2.48. The quantitative estimate of drug-likeness (QED) is 0.260. The summed E-state index contributed by atoms with van der Waals surface area (Å²) < 4.78 is 2.48. The van der Waals surface area contributed by atoms with Gasteiger partial charge in [-0.3, -0.25) is 9.59 Å². The maximum absolute atomic E-state index is 9.00. The second-order valence-corrected chi connectivity index (χ2v) is 8.42. The van der Waals surface area contributed by atoms with Gasteiger partial charge < -0.3 is 10.2 Å². The van der Waals surface area contributed by atoms with Gasteiger partial charge in [0, 0.05) is 34.3 Å². The average Bonchev–Trinajstić information content (AvgIpc) is 3.19. The topological polar surface area (TPSA) is 100 Å². The molecule has 2 heterocycles. The van der Waals surface area contributed by atoms with Crippen molar-refractivity contribution in [1.29, 1.82) is 0 Å². The van der Waals surface area contributed by atoms with Crippen LogP contribution in [0.25, 0.3) is 20.4 Å². The molecule has 1 fully saturated rings. The van der Waals surface area contributed by atoms with Crippen molar-refractivity contribution >= 4 is 66.6 Å². The van der Waals surface area contributed by atoms with E-state index in [4.69, 9.17) is 31.4 Å². The Balaban J connectivity index is 0.000000230. The largest absolute Gasteiger partial charge is 0.481 e.